The van der Waals surface area contributed by atoms with Crippen molar-refractivity contribution in [3.63, 3.8) is 0 Å². The van der Waals surface area contributed by atoms with Gasteiger partial charge in [-0.25, -0.2) is 9.59 Å². The van der Waals surface area contributed by atoms with Gasteiger partial charge in [-0.3, -0.25) is 0 Å². The molecule has 1 amide bonds. The van der Waals surface area contributed by atoms with E-state index in [0.717, 1.165) is 0 Å². The molecular weight excluding hydrogens is 231 g/mol. The van der Waals surface area contributed by atoms with Gasteiger partial charge >= 0.3 is 18.2 Å². The van der Waals surface area contributed by atoms with Crippen LogP contribution in [0.4, 0.5) is 18.0 Å². The van der Waals surface area contributed by atoms with E-state index in [2.05, 4.69) is 11.3 Å². The molecule has 0 saturated heterocycles. The molecule has 0 aromatic carbocycles. The van der Waals surface area contributed by atoms with Crippen molar-refractivity contribution in [2.75, 3.05) is 6.61 Å². The number of carboxylic acids is 1. The second-order valence-corrected chi connectivity index (χ2v) is 2.74. The van der Waals surface area contributed by atoms with E-state index >= 15 is 0 Å². The van der Waals surface area contributed by atoms with E-state index in [4.69, 9.17) is 5.11 Å². The predicted molar refractivity (Wildman–Crippen MR) is 46.8 cm³/mol. The molecule has 16 heavy (non-hydrogen) atoms. The van der Waals surface area contributed by atoms with Gasteiger partial charge in [0.05, 0.1) is 6.42 Å². The third kappa shape index (κ3) is 6.68. The fourth-order valence-corrected chi connectivity index (χ4v) is 0.750. The molecule has 0 radical (unpaired) electrons. The number of hydrogen-bond acceptors (Lipinski definition) is 3. The van der Waals surface area contributed by atoms with Crippen molar-refractivity contribution in [1.29, 1.82) is 0 Å². The summed E-state index contributed by atoms with van der Waals surface area (Å²) in [5, 5.41) is 10.00. The highest BCUT2D eigenvalue weighted by Gasteiger charge is 2.36. The lowest BCUT2D eigenvalue weighted by Crippen LogP contribution is -2.43. The van der Waals surface area contributed by atoms with Gasteiger partial charge in [-0.15, -0.1) is 0 Å². The Balaban J connectivity index is 4.29. The fourth-order valence-electron chi connectivity index (χ4n) is 0.750. The van der Waals surface area contributed by atoms with E-state index in [-0.39, 0.29) is 6.61 Å². The number of rotatable bonds is 5. The summed E-state index contributed by atoms with van der Waals surface area (Å²) in [7, 11) is 0. The van der Waals surface area contributed by atoms with Crippen LogP contribution in [0.15, 0.2) is 12.7 Å². The number of carboxylic acid groups (broad SMARTS) is 1. The van der Waals surface area contributed by atoms with E-state index in [1.54, 1.807) is 5.32 Å². The Morgan fingerprint density at radius 3 is 2.44 bits per heavy atom. The Labute approximate surface area is 88.9 Å². The van der Waals surface area contributed by atoms with Crippen LogP contribution in [-0.4, -0.2) is 36.0 Å². The van der Waals surface area contributed by atoms with Gasteiger partial charge in [0.2, 0.25) is 0 Å². The predicted octanol–water partition coefficient (Wildman–Crippen LogP) is 1.30. The normalized spacial score (nSPS) is 12.7. The van der Waals surface area contributed by atoms with Crippen LogP contribution in [0.3, 0.4) is 0 Å². The molecule has 0 bridgehead atoms. The zero-order valence-corrected chi connectivity index (χ0v) is 8.08. The SMILES string of the molecule is C=CCOC(=O)NC(CC(F)(F)F)C(=O)O. The van der Waals surface area contributed by atoms with Crippen molar-refractivity contribution in [2.24, 2.45) is 0 Å². The second kappa shape index (κ2) is 5.99. The van der Waals surface area contributed by atoms with Crippen LogP contribution in [0.1, 0.15) is 6.42 Å². The van der Waals surface area contributed by atoms with Gasteiger partial charge in [-0.2, -0.15) is 13.2 Å². The molecule has 2 N–H and O–H groups in total. The number of hydrogen-bond donors (Lipinski definition) is 2. The first-order valence-corrected chi connectivity index (χ1v) is 4.10. The molecule has 0 saturated carbocycles. The highest BCUT2D eigenvalue weighted by atomic mass is 19.4. The lowest BCUT2D eigenvalue weighted by atomic mass is 10.2. The largest absolute Gasteiger partial charge is 0.480 e. The number of aliphatic carboxylic acids is 1. The monoisotopic (exact) mass is 241 g/mol. The minimum atomic E-state index is -4.69. The van der Waals surface area contributed by atoms with Crippen molar-refractivity contribution in [2.45, 2.75) is 18.6 Å². The molecule has 0 heterocycles. The summed E-state index contributed by atoms with van der Waals surface area (Å²) in [5.74, 6) is -1.78. The number of ether oxygens (including phenoxy) is 1. The van der Waals surface area contributed by atoms with Crippen LogP contribution >= 0.6 is 0 Å². The van der Waals surface area contributed by atoms with Crippen molar-refractivity contribution in [3.8, 4) is 0 Å². The summed E-state index contributed by atoms with van der Waals surface area (Å²) >= 11 is 0. The molecule has 0 aliphatic heterocycles. The second-order valence-electron chi connectivity index (χ2n) is 2.74. The molecule has 92 valence electrons. The fraction of sp³-hybridized carbons (Fsp3) is 0.500. The number of nitrogens with one attached hydrogen (secondary N) is 1. The molecule has 0 spiro atoms. The Hall–Kier alpha value is -1.73. The third-order valence-electron chi connectivity index (χ3n) is 1.36. The van der Waals surface area contributed by atoms with Crippen LogP contribution in [-0.2, 0) is 9.53 Å². The quantitative estimate of drug-likeness (QED) is 0.711. The zero-order chi connectivity index (χ0) is 12.8. The first-order valence-electron chi connectivity index (χ1n) is 4.10. The van der Waals surface area contributed by atoms with Gasteiger partial charge in [0, 0.05) is 0 Å². The molecule has 0 aliphatic rings. The Kier molecular flexibility index (Phi) is 5.34. The van der Waals surface area contributed by atoms with Gasteiger partial charge in [0.1, 0.15) is 12.6 Å². The summed E-state index contributed by atoms with van der Waals surface area (Å²) in [6.45, 7) is 2.99. The van der Waals surface area contributed by atoms with Gasteiger partial charge in [0.15, 0.2) is 0 Å². The number of alkyl halides is 3. The molecule has 1 unspecified atom stereocenters. The molecule has 0 fully saturated rings. The molecular formula is C8H10F3NO4. The molecule has 0 aromatic heterocycles. The van der Waals surface area contributed by atoms with E-state index in [0.29, 0.717) is 0 Å². The van der Waals surface area contributed by atoms with Crippen LogP contribution < -0.4 is 5.32 Å². The lowest BCUT2D eigenvalue weighted by Gasteiger charge is -2.15. The van der Waals surface area contributed by atoms with Crippen LogP contribution in [0.2, 0.25) is 0 Å². The summed E-state index contributed by atoms with van der Waals surface area (Å²) < 4.78 is 40.0. The van der Waals surface area contributed by atoms with E-state index in [1.807, 2.05) is 0 Å². The summed E-state index contributed by atoms with van der Waals surface area (Å²) in [4.78, 5) is 21.2. The minimum absolute atomic E-state index is 0.218. The first kappa shape index (κ1) is 14.3. The number of carbonyl (C=O) groups is 2. The first-order chi connectivity index (χ1) is 7.26. The van der Waals surface area contributed by atoms with E-state index in [1.165, 1.54) is 6.08 Å². The maximum atomic E-state index is 11.9. The van der Waals surface area contributed by atoms with Crippen LogP contribution in [0.25, 0.3) is 0 Å². The summed E-state index contributed by atoms with van der Waals surface area (Å²) in [5.41, 5.74) is 0. The van der Waals surface area contributed by atoms with E-state index in [9.17, 15) is 22.8 Å². The van der Waals surface area contributed by atoms with Gasteiger partial charge < -0.3 is 15.2 Å². The molecule has 1 atom stereocenters. The minimum Gasteiger partial charge on any atom is -0.480 e. The molecule has 0 rings (SSSR count). The Morgan fingerprint density at radius 1 is 1.50 bits per heavy atom. The molecule has 8 heteroatoms. The average molecular weight is 241 g/mol. The van der Waals surface area contributed by atoms with Gasteiger partial charge in [-0.1, -0.05) is 12.7 Å². The maximum absolute atomic E-state index is 11.9. The number of halogens is 3. The van der Waals surface area contributed by atoms with Crippen molar-refractivity contribution < 1.29 is 32.6 Å². The number of alkyl carbamates (subject to hydrolysis) is 1. The number of carbonyl (C=O) groups excluding carboxylic acids is 1. The maximum Gasteiger partial charge on any atom is 0.408 e. The van der Waals surface area contributed by atoms with Gasteiger partial charge in [0.25, 0.3) is 0 Å². The highest BCUT2D eigenvalue weighted by molar-refractivity contribution is 5.79. The topological polar surface area (TPSA) is 75.6 Å². The third-order valence-corrected chi connectivity index (χ3v) is 1.36. The Morgan fingerprint density at radius 2 is 2.06 bits per heavy atom. The molecule has 0 aromatic rings. The van der Waals surface area contributed by atoms with E-state index < -0.39 is 30.7 Å². The summed E-state index contributed by atoms with van der Waals surface area (Å²) in [6, 6.07) is -2.06. The van der Waals surface area contributed by atoms with Crippen molar-refractivity contribution in [1.82, 2.24) is 5.32 Å². The van der Waals surface area contributed by atoms with Crippen LogP contribution in [0, 0.1) is 0 Å². The van der Waals surface area contributed by atoms with Crippen LogP contribution in [0.5, 0.6) is 0 Å². The number of amides is 1. The van der Waals surface area contributed by atoms with Crippen molar-refractivity contribution >= 4 is 12.1 Å². The molecule has 0 aliphatic carbocycles. The highest BCUT2D eigenvalue weighted by Crippen LogP contribution is 2.21. The Bertz CT molecular complexity index is 277. The van der Waals surface area contributed by atoms with Crippen molar-refractivity contribution in [3.05, 3.63) is 12.7 Å². The zero-order valence-electron chi connectivity index (χ0n) is 8.08. The lowest BCUT2D eigenvalue weighted by molar-refractivity contribution is -0.157. The molecule has 5 nitrogen and oxygen atoms in total. The smallest absolute Gasteiger partial charge is 0.408 e. The summed E-state index contributed by atoms with van der Waals surface area (Å²) in [6.07, 6.45) is -6.39. The average Bonchev–Trinajstić information content (AvgIpc) is 2.11. The van der Waals surface area contributed by atoms with Gasteiger partial charge in [-0.05, 0) is 0 Å². The standard InChI is InChI=1S/C8H10F3NO4/c1-2-3-16-7(15)12-5(6(13)14)4-8(9,10)11/h2,5H,1,3-4H2,(H,12,15)(H,13,14).